The van der Waals surface area contributed by atoms with Gasteiger partial charge in [0.15, 0.2) is 0 Å². The molecular weight excluding hydrogens is 378 g/mol. The van der Waals surface area contributed by atoms with Crippen LogP contribution in [0.1, 0.15) is 20.8 Å². The first-order chi connectivity index (χ1) is 12.2. The zero-order valence-corrected chi connectivity index (χ0v) is 16.7. The van der Waals surface area contributed by atoms with E-state index >= 15 is 0 Å². The average Bonchev–Trinajstić information content (AvgIpc) is 2.62. The molecule has 2 amide bonds. The van der Waals surface area contributed by atoms with E-state index in [1.54, 1.807) is 6.20 Å². The number of anilines is 1. The van der Waals surface area contributed by atoms with Gasteiger partial charge in [-0.25, -0.2) is 13.2 Å². The Hall–Kier alpha value is -1.61. The van der Waals surface area contributed by atoms with Crippen molar-refractivity contribution in [1.29, 1.82) is 0 Å². The predicted octanol–water partition coefficient (Wildman–Crippen LogP) is 3.04. The molecule has 0 radical (unpaired) electrons. The second kappa shape index (κ2) is 8.85. The minimum Gasteiger partial charge on any atom is -0.379 e. The van der Waals surface area contributed by atoms with Crippen LogP contribution in [0.4, 0.5) is 10.5 Å². The number of hydrogen-bond donors (Lipinski definition) is 2. The molecule has 1 saturated heterocycles. The number of urea groups is 1. The number of carbonyl (C=O) groups excluding carboxylic acids is 1. The largest absolute Gasteiger partial charge is 0.379 e. The smallest absolute Gasteiger partial charge is 0.323 e. The minimum atomic E-state index is -3.66. The molecule has 0 bridgehead atoms. The number of nitrogens with zero attached hydrogens (tertiary/aromatic N) is 1. The monoisotopic (exact) mass is 401 g/mol. The molecule has 2 rings (SSSR count). The van der Waals surface area contributed by atoms with Crippen LogP contribution < -0.4 is 10.6 Å². The Bertz CT molecular complexity index is 787. The summed E-state index contributed by atoms with van der Waals surface area (Å²) in [7, 11) is -3.66. The third-order valence-electron chi connectivity index (χ3n) is 4.14. The van der Waals surface area contributed by atoms with Gasteiger partial charge >= 0.3 is 6.03 Å². The van der Waals surface area contributed by atoms with Gasteiger partial charge in [0.2, 0.25) is 10.0 Å². The Kier molecular flexibility index (Phi) is 7.05. The Labute approximate surface area is 159 Å². The molecule has 1 aliphatic heterocycles. The van der Waals surface area contributed by atoms with E-state index in [1.807, 2.05) is 20.8 Å². The topological polar surface area (TPSA) is 87.7 Å². The standard InChI is InChI=1S/C17H24ClN3O4S/c1-12(2)13(3)11-19-17(22)20-16-10-14(4-5-15(16)18)26(23,24)21-6-8-25-9-7-21/h4-5,10-12H,6-9H2,1-3H3,(H2,19,20,22)/b13-11+. The van der Waals surface area contributed by atoms with Crippen molar-refractivity contribution in [2.75, 3.05) is 31.6 Å². The fraction of sp³-hybridized carbons (Fsp3) is 0.471. The molecule has 1 heterocycles. The zero-order chi connectivity index (χ0) is 19.3. The maximum atomic E-state index is 12.7. The number of allylic oxidation sites excluding steroid dienone is 1. The molecule has 9 heteroatoms. The van der Waals surface area contributed by atoms with Gasteiger partial charge in [-0.15, -0.1) is 0 Å². The molecule has 1 fully saturated rings. The van der Waals surface area contributed by atoms with Crippen molar-refractivity contribution in [3.8, 4) is 0 Å². The maximum Gasteiger partial charge on any atom is 0.323 e. The number of halogens is 1. The SMILES string of the molecule is C/C(=C\NC(=O)Nc1cc(S(=O)(=O)N2CCOCC2)ccc1Cl)C(C)C. The van der Waals surface area contributed by atoms with Crippen LogP contribution in [-0.2, 0) is 14.8 Å². The summed E-state index contributed by atoms with van der Waals surface area (Å²) in [6.07, 6.45) is 1.61. The molecule has 0 atom stereocenters. The Morgan fingerprint density at radius 1 is 1.31 bits per heavy atom. The summed E-state index contributed by atoms with van der Waals surface area (Å²) in [5.41, 5.74) is 1.24. The Morgan fingerprint density at radius 2 is 1.96 bits per heavy atom. The van der Waals surface area contributed by atoms with E-state index in [0.717, 1.165) is 5.57 Å². The van der Waals surface area contributed by atoms with E-state index in [1.165, 1.54) is 22.5 Å². The van der Waals surface area contributed by atoms with Crippen molar-refractivity contribution in [3.05, 3.63) is 35.0 Å². The van der Waals surface area contributed by atoms with Gasteiger partial charge in [-0.2, -0.15) is 4.31 Å². The molecule has 1 aromatic rings. The number of nitrogens with one attached hydrogen (secondary N) is 2. The van der Waals surface area contributed by atoms with Crippen molar-refractivity contribution >= 4 is 33.3 Å². The van der Waals surface area contributed by atoms with E-state index in [0.29, 0.717) is 32.2 Å². The number of sulfonamides is 1. The van der Waals surface area contributed by atoms with Crippen molar-refractivity contribution < 1.29 is 17.9 Å². The molecule has 0 unspecified atom stereocenters. The van der Waals surface area contributed by atoms with Crippen molar-refractivity contribution in [1.82, 2.24) is 9.62 Å². The third-order valence-corrected chi connectivity index (χ3v) is 6.36. The lowest BCUT2D eigenvalue weighted by Gasteiger charge is -2.26. The molecule has 0 saturated carbocycles. The number of morpholine rings is 1. The van der Waals surface area contributed by atoms with Gasteiger partial charge in [0.05, 0.1) is 28.8 Å². The van der Waals surface area contributed by atoms with Gasteiger partial charge in [0.25, 0.3) is 0 Å². The van der Waals surface area contributed by atoms with Crippen molar-refractivity contribution in [3.63, 3.8) is 0 Å². The molecule has 2 N–H and O–H groups in total. The summed E-state index contributed by atoms with van der Waals surface area (Å²) in [6, 6.07) is 3.76. The van der Waals surface area contributed by atoms with E-state index in [2.05, 4.69) is 10.6 Å². The highest BCUT2D eigenvalue weighted by Crippen LogP contribution is 2.27. The Morgan fingerprint density at radius 3 is 2.58 bits per heavy atom. The van der Waals surface area contributed by atoms with Gasteiger partial charge in [0, 0.05) is 19.3 Å². The van der Waals surface area contributed by atoms with Crippen LogP contribution in [0.15, 0.2) is 34.9 Å². The molecule has 1 aromatic carbocycles. The van der Waals surface area contributed by atoms with Gasteiger partial charge < -0.3 is 15.4 Å². The Balaban J connectivity index is 2.16. The lowest BCUT2D eigenvalue weighted by molar-refractivity contribution is 0.0730. The summed E-state index contributed by atoms with van der Waals surface area (Å²) in [5.74, 6) is 0.306. The quantitative estimate of drug-likeness (QED) is 0.793. The number of carbonyl (C=O) groups is 1. The van der Waals surface area contributed by atoms with Crippen LogP contribution in [0.2, 0.25) is 5.02 Å². The van der Waals surface area contributed by atoms with E-state index in [9.17, 15) is 13.2 Å². The van der Waals surface area contributed by atoms with Crippen LogP contribution in [-0.4, -0.2) is 45.1 Å². The molecule has 144 valence electrons. The fourth-order valence-electron chi connectivity index (χ4n) is 2.20. The summed E-state index contributed by atoms with van der Waals surface area (Å²) in [6.45, 7) is 7.27. The predicted molar refractivity (Wildman–Crippen MR) is 102 cm³/mol. The fourth-order valence-corrected chi connectivity index (χ4v) is 3.80. The third kappa shape index (κ3) is 5.20. The number of benzene rings is 1. The summed E-state index contributed by atoms with van der Waals surface area (Å²) in [4.78, 5) is 12.1. The first kappa shape index (κ1) is 20.7. The second-order valence-electron chi connectivity index (χ2n) is 6.30. The summed E-state index contributed by atoms with van der Waals surface area (Å²) < 4.78 is 32.0. The van der Waals surface area contributed by atoms with E-state index < -0.39 is 16.1 Å². The number of amides is 2. The van der Waals surface area contributed by atoms with Gasteiger partial charge in [0.1, 0.15) is 0 Å². The normalized spacial score (nSPS) is 16.6. The molecule has 1 aliphatic rings. The lowest BCUT2D eigenvalue weighted by atomic mass is 10.1. The van der Waals surface area contributed by atoms with Crippen LogP contribution >= 0.6 is 11.6 Å². The first-order valence-corrected chi connectivity index (χ1v) is 10.1. The molecule has 26 heavy (non-hydrogen) atoms. The first-order valence-electron chi connectivity index (χ1n) is 8.33. The lowest BCUT2D eigenvalue weighted by Crippen LogP contribution is -2.40. The van der Waals surface area contributed by atoms with Crippen molar-refractivity contribution in [2.24, 2.45) is 5.92 Å². The van der Waals surface area contributed by atoms with Gasteiger partial charge in [-0.1, -0.05) is 31.0 Å². The van der Waals surface area contributed by atoms with Crippen LogP contribution in [0.3, 0.4) is 0 Å². The molecule has 0 aliphatic carbocycles. The second-order valence-corrected chi connectivity index (χ2v) is 8.64. The van der Waals surface area contributed by atoms with Gasteiger partial charge in [-0.3, -0.25) is 0 Å². The number of ether oxygens (including phenoxy) is 1. The highest BCUT2D eigenvalue weighted by Gasteiger charge is 2.27. The van der Waals surface area contributed by atoms with Crippen LogP contribution in [0.5, 0.6) is 0 Å². The van der Waals surface area contributed by atoms with E-state index in [-0.39, 0.29) is 15.6 Å². The summed E-state index contributed by atoms with van der Waals surface area (Å²) in [5, 5.41) is 5.45. The number of hydrogen-bond acceptors (Lipinski definition) is 4. The van der Waals surface area contributed by atoms with Crippen LogP contribution in [0, 0.1) is 5.92 Å². The molecular formula is C17H24ClN3O4S. The highest BCUT2D eigenvalue weighted by atomic mass is 35.5. The molecule has 7 nitrogen and oxygen atoms in total. The van der Waals surface area contributed by atoms with Crippen molar-refractivity contribution in [2.45, 2.75) is 25.7 Å². The molecule has 0 aromatic heterocycles. The average molecular weight is 402 g/mol. The van der Waals surface area contributed by atoms with E-state index in [4.69, 9.17) is 16.3 Å². The molecule has 0 spiro atoms. The highest BCUT2D eigenvalue weighted by molar-refractivity contribution is 7.89. The zero-order valence-electron chi connectivity index (χ0n) is 15.1. The van der Waals surface area contributed by atoms with Gasteiger partial charge in [-0.05, 0) is 31.0 Å². The minimum absolute atomic E-state index is 0.0769. The number of rotatable bonds is 5. The van der Waals surface area contributed by atoms with Crippen LogP contribution in [0.25, 0.3) is 0 Å². The summed E-state index contributed by atoms with van der Waals surface area (Å²) >= 11 is 6.10. The maximum absolute atomic E-state index is 12.7.